The van der Waals surface area contributed by atoms with Gasteiger partial charge in [-0.25, -0.2) is 0 Å². The number of ether oxygens (including phenoxy) is 1. The van der Waals surface area contributed by atoms with Gasteiger partial charge >= 0.3 is 5.97 Å². The summed E-state index contributed by atoms with van der Waals surface area (Å²) in [5.74, 6) is 0.807. The standard InChI is InChI=1S/C26H54O4Si2/c1-21(16-15-18-26(9,10)30-32(13,14)25(6,7)8)20-23(29-22(2)27)17-19-28-31(11,12)24(3,4)5/h20-21H,15-19H2,1-14H3/t21-/m0/s1. The number of hydrogen-bond acceptors (Lipinski definition) is 4. The van der Waals surface area contributed by atoms with Crippen LogP contribution in [0.25, 0.3) is 0 Å². The Morgan fingerprint density at radius 1 is 0.906 bits per heavy atom. The molecular weight excluding hydrogens is 432 g/mol. The normalized spacial score (nSPS) is 15.6. The molecule has 0 unspecified atom stereocenters. The fourth-order valence-electron chi connectivity index (χ4n) is 3.12. The third-order valence-electron chi connectivity index (χ3n) is 7.14. The van der Waals surface area contributed by atoms with Crippen molar-refractivity contribution < 1.29 is 18.4 Å². The fourth-order valence-corrected chi connectivity index (χ4v) is 5.96. The van der Waals surface area contributed by atoms with Gasteiger partial charge in [0.05, 0.1) is 5.60 Å². The maximum atomic E-state index is 11.6. The molecule has 0 spiro atoms. The van der Waals surface area contributed by atoms with Crippen molar-refractivity contribution in [2.24, 2.45) is 5.92 Å². The summed E-state index contributed by atoms with van der Waals surface area (Å²) in [6.07, 6.45) is 5.88. The molecule has 4 nitrogen and oxygen atoms in total. The molecule has 0 aromatic carbocycles. The van der Waals surface area contributed by atoms with Crippen LogP contribution in [0.2, 0.25) is 36.3 Å². The van der Waals surface area contributed by atoms with Crippen LogP contribution >= 0.6 is 0 Å². The summed E-state index contributed by atoms with van der Waals surface area (Å²) < 4.78 is 18.5. The van der Waals surface area contributed by atoms with Crippen LogP contribution in [-0.4, -0.2) is 34.8 Å². The molecule has 0 aliphatic heterocycles. The summed E-state index contributed by atoms with van der Waals surface area (Å²) in [5, 5.41) is 0.386. The third-order valence-corrected chi connectivity index (χ3v) is 16.4. The first-order chi connectivity index (χ1) is 14.1. The molecule has 0 heterocycles. The average Bonchev–Trinajstić information content (AvgIpc) is 2.50. The topological polar surface area (TPSA) is 44.8 Å². The molecule has 0 bridgehead atoms. The van der Waals surface area contributed by atoms with Gasteiger partial charge in [-0.2, -0.15) is 0 Å². The van der Waals surface area contributed by atoms with Gasteiger partial charge in [0.2, 0.25) is 0 Å². The van der Waals surface area contributed by atoms with Gasteiger partial charge in [-0.1, -0.05) is 54.9 Å². The first kappa shape index (κ1) is 31.6. The zero-order chi connectivity index (χ0) is 25.6. The molecule has 0 aromatic rings. The van der Waals surface area contributed by atoms with E-state index in [1.165, 1.54) is 6.92 Å². The molecule has 0 rings (SSSR count). The maximum Gasteiger partial charge on any atom is 0.307 e. The molecule has 0 amide bonds. The van der Waals surface area contributed by atoms with E-state index in [1.807, 2.05) is 0 Å². The van der Waals surface area contributed by atoms with Crippen molar-refractivity contribution in [3.63, 3.8) is 0 Å². The number of hydrogen-bond donors (Lipinski definition) is 0. The second-order valence-corrected chi connectivity index (χ2v) is 22.6. The average molecular weight is 487 g/mol. The summed E-state index contributed by atoms with van der Waals surface area (Å²) in [4.78, 5) is 11.6. The molecule has 0 aromatic heterocycles. The van der Waals surface area contributed by atoms with E-state index in [2.05, 4.69) is 94.6 Å². The minimum atomic E-state index is -1.81. The maximum absolute atomic E-state index is 11.6. The highest BCUT2D eigenvalue weighted by Crippen LogP contribution is 2.40. The molecule has 1 atom stereocenters. The molecule has 0 fully saturated rings. The van der Waals surface area contributed by atoms with Crippen molar-refractivity contribution in [3.8, 4) is 0 Å². The molecule has 0 aliphatic rings. The first-order valence-electron chi connectivity index (χ1n) is 12.3. The van der Waals surface area contributed by atoms with Gasteiger partial charge in [0, 0.05) is 20.0 Å². The highest BCUT2D eigenvalue weighted by molar-refractivity contribution is 6.74. The van der Waals surface area contributed by atoms with Crippen LogP contribution in [0.15, 0.2) is 11.8 Å². The van der Waals surface area contributed by atoms with Crippen molar-refractivity contribution in [2.75, 3.05) is 6.61 Å². The van der Waals surface area contributed by atoms with Gasteiger partial charge in [-0.3, -0.25) is 4.79 Å². The molecule has 0 saturated heterocycles. The van der Waals surface area contributed by atoms with Crippen LogP contribution in [0, 0.1) is 5.92 Å². The number of rotatable bonds is 12. The van der Waals surface area contributed by atoms with E-state index in [4.69, 9.17) is 13.6 Å². The Kier molecular flexibility index (Phi) is 11.6. The second kappa shape index (κ2) is 11.8. The predicted molar refractivity (Wildman–Crippen MR) is 143 cm³/mol. The Hall–Kier alpha value is -0.436. The highest BCUT2D eigenvalue weighted by atomic mass is 28.4. The molecule has 0 saturated carbocycles. The van der Waals surface area contributed by atoms with Gasteiger partial charge in [0.25, 0.3) is 0 Å². The van der Waals surface area contributed by atoms with E-state index < -0.39 is 16.6 Å². The number of allylic oxidation sites excluding steroid dienone is 1. The summed E-state index contributed by atoms with van der Waals surface area (Å²) >= 11 is 0. The van der Waals surface area contributed by atoms with E-state index in [0.717, 1.165) is 25.0 Å². The Bertz CT molecular complexity index is 623. The Morgan fingerprint density at radius 2 is 1.41 bits per heavy atom. The van der Waals surface area contributed by atoms with Crippen molar-refractivity contribution in [1.82, 2.24) is 0 Å². The largest absolute Gasteiger partial charge is 0.432 e. The van der Waals surface area contributed by atoms with Crippen molar-refractivity contribution >= 4 is 22.6 Å². The minimum Gasteiger partial charge on any atom is -0.432 e. The van der Waals surface area contributed by atoms with E-state index in [9.17, 15) is 4.79 Å². The van der Waals surface area contributed by atoms with Crippen molar-refractivity contribution in [1.29, 1.82) is 0 Å². The third kappa shape index (κ3) is 11.6. The van der Waals surface area contributed by atoms with Crippen LogP contribution in [0.1, 0.15) is 94.9 Å². The van der Waals surface area contributed by atoms with E-state index in [1.54, 1.807) is 0 Å². The van der Waals surface area contributed by atoms with Crippen LogP contribution in [0.4, 0.5) is 0 Å². The number of carbonyl (C=O) groups is 1. The number of carbonyl (C=O) groups excluding carboxylic acids is 1. The zero-order valence-corrected chi connectivity index (χ0v) is 25.8. The highest BCUT2D eigenvalue weighted by Gasteiger charge is 2.41. The quantitative estimate of drug-likeness (QED) is 0.158. The monoisotopic (exact) mass is 486 g/mol. The molecule has 190 valence electrons. The van der Waals surface area contributed by atoms with Gasteiger partial charge in [-0.15, -0.1) is 0 Å². The molecule has 0 radical (unpaired) electrons. The van der Waals surface area contributed by atoms with Crippen LogP contribution < -0.4 is 0 Å². The lowest BCUT2D eigenvalue weighted by molar-refractivity contribution is -0.137. The Morgan fingerprint density at radius 3 is 1.84 bits per heavy atom. The van der Waals surface area contributed by atoms with Gasteiger partial charge in [-0.05, 0) is 74.9 Å². The van der Waals surface area contributed by atoms with Crippen molar-refractivity contribution in [3.05, 3.63) is 11.8 Å². The molecule has 0 aliphatic carbocycles. The molecule has 0 N–H and O–H groups in total. The predicted octanol–water partition coefficient (Wildman–Crippen LogP) is 8.45. The smallest absolute Gasteiger partial charge is 0.307 e. The lowest BCUT2D eigenvalue weighted by Crippen LogP contribution is -2.47. The van der Waals surface area contributed by atoms with E-state index in [0.29, 0.717) is 18.9 Å². The molecule has 6 heteroatoms. The lowest BCUT2D eigenvalue weighted by Gasteiger charge is -2.43. The van der Waals surface area contributed by atoms with Crippen LogP contribution in [0.5, 0.6) is 0 Å². The summed E-state index contributed by atoms with van der Waals surface area (Å²) in [6.45, 7) is 31.4. The zero-order valence-electron chi connectivity index (χ0n) is 23.8. The Balaban J connectivity index is 4.88. The van der Waals surface area contributed by atoms with Gasteiger partial charge in [0.15, 0.2) is 16.6 Å². The van der Waals surface area contributed by atoms with Gasteiger partial charge < -0.3 is 13.6 Å². The summed E-state index contributed by atoms with van der Waals surface area (Å²) in [6, 6.07) is 0. The summed E-state index contributed by atoms with van der Waals surface area (Å²) in [7, 11) is -3.59. The fraction of sp³-hybridized carbons (Fsp3) is 0.885. The Labute approximate surface area is 202 Å². The second-order valence-electron chi connectivity index (χ2n) is 13.1. The van der Waals surface area contributed by atoms with E-state index in [-0.39, 0.29) is 21.6 Å². The first-order valence-corrected chi connectivity index (χ1v) is 18.1. The lowest BCUT2D eigenvalue weighted by atomic mass is 9.96. The van der Waals surface area contributed by atoms with Crippen LogP contribution in [-0.2, 0) is 18.4 Å². The van der Waals surface area contributed by atoms with E-state index >= 15 is 0 Å². The van der Waals surface area contributed by atoms with Gasteiger partial charge in [0.1, 0.15) is 5.76 Å². The van der Waals surface area contributed by atoms with Crippen LogP contribution in [0.3, 0.4) is 0 Å². The number of esters is 1. The molecule has 32 heavy (non-hydrogen) atoms. The van der Waals surface area contributed by atoms with Crippen molar-refractivity contribution in [2.45, 2.75) is 137 Å². The summed E-state index contributed by atoms with van der Waals surface area (Å²) in [5.41, 5.74) is -0.123. The minimum absolute atomic E-state index is 0.123. The molecular formula is C26H54O4Si2. The SMILES string of the molecule is CC(=O)OC(=C[C@@H](C)CCCC(C)(C)O[Si](C)(C)C(C)(C)C)CCO[Si](C)(C)C(C)(C)C.